The molecule has 0 saturated heterocycles. The molecule has 2 N–H and O–H groups in total. The van der Waals surface area contributed by atoms with Crippen molar-refractivity contribution in [1.82, 2.24) is 15.1 Å². The lowest BCUT2D eigenvalue weighted by molar-refractivity contribution is -0.137. The number of halogens is 1. The summed E-state index contributed by atoms with van der Waals surface area (Å²) in [6.07, 6.45) is 6.33. The molecule has 7 heteroatoms. The number of carbonyl (C=O) groups excluding carboxylic acids is 1. The molecule has 1 aromatic heterocycles. The molecule has 1 aromatic carbocycles. The number of unbranched alkanes of at least 4 members (excludes halogenated alkanes) is 4. The Hall–Kier alpha value is -2.34. The predicted molar refractivity (Wildman–Crippen MR) is 101 cm³/mol. The van der Waals surface area contributed by atoms with Gasteiger partial charge in [-0.15, -0.1) is 0 Å². The average Bonchev–Trinajstić information content (AvgIpc) is 2.99. The molecule has 0 unspecified atom stereocenters. The van der Waals surface area contributed by atoms with E-state index in [9.17, 15) is 9.59 Å². The highest BCUT2D eigenvalue weighted by Crippen LogP contribution is 2.28. The maximum absolute atomic E-state index is 12.5. The highest BCUT2D eigenvalue weighted by Gasteiger charge is 2.18. The molecule has 1 amide bonds. The summed E-state index contributed by atoms with van der Waals surface area (Å²) in [5, 5.41) is 16.4. The van der Waals surface area contributed by atoms with E-state index in [-0.39, 0.29) is 12.3 Å². The maximum Gasteiger partial charge on any atom is 0.303 e. The van der Waals surface area contributed by atoms with Gasteiger partial charge >= 0.3 is 5.97 Å². The van der Waals surface area contributed by atoms with Crippen LogP contribution in [0, 0.1) is 0 Å². The number of hydrogen-bond acceptors (Lipinski definition) is 3. The van der Waals surface area contributed by atoms with Crippen molar-refractivity contribution in [3.8, 4) is 11.3 Å². The van der Waals surface area contributed by atoms with E-state index in [0.29, 0.717) is 29.2 Å². The second-order valence-electron chi connectivity index (χ2n) is 6.21. The van der Waals surface area contributed by atoms with Gasteiger partial charge in [0.15, 0.2) is 0 Å². The van der Waals surface area contributed by atoms with Crippen molar-refractivity contribution in [1.29, 1.82) is 0 Å². The molecule has 0 atom stereocenters. The molecular weight excluding hydrogens is 354 g/mol. The van der Waals surface area contributed by atoms with Crippen LogP contribution in [0.3, 0.4) is 0 Å². The summed E-state index contributed by atoms with van der Waals surface area (Å²) in [4.78, 5) is 22.9. The van der Waals surface area contributed by atoms with Crippen LogP contribution in [-0.4, -0.2) is 33.3 Å². The largest absolute Gasteiger partial charge is 0.481 e. The van der Waals surface area contributed by atoms with Crippen LogP contribution in [0.4, 0.5) is 0 Å². The van der Waals surface area contributed by atoms with E-state index in [1.165, 1.54) is 0 Å². The molecule has 0 aliphatic rings. The zero-order chi connectivity index (χ0) is 18.9. The number of nitrogens with zero attached hydrogens (tertiary/aromatic N) is 2. The summed E-state index contributed by atoms with van der Waals surface area (Å²) >= 11 is 6.23. The number of hydrogen-bond donors (Lipinski definition) is 2. The smallest absolute Gasteiger partial charge is 0.303 e. The second-order valence-corrected chi connectivity index (χ2v) is 6.62. The van der Waals surface area contributed by atoms with Crippen LogP contribution >= 0.6 is 11.6 Å². The molecule has 140 valence electrons. The number of carboxylic acid groups (broad SMARTS) is 1. The third-order valence-corrected chi connectivity index (χ3v) is 4.38. The van der Waals surface area contributed by atoms with Crippen LogP contribution in [0.15, 0.2) is 30.5 Å². The molecule has 1 heterocycles. The van der Waals surface area contributed by atoms with Crippen molar-refractivity contribution in [3.05, 3.63) is 41.0 Å². The Morgan fingerprint density at radius 1 is 1.15 bits per heavy atom. The molecule has 0 aliphatic heterocycles. The molecule has 0 fully saturated rings. The summed E-state index contributed by atoms with van der Waals surface area (Å²) < 4.78 is 1.61. The van der Waals surface area contributed by atoms with E-state index >= 15 is 0 Å². The van der Waals surface area contributed by atoms with Gasteiger partial charge in [0.1, 0.15) is 5.69 Å². The number of benzene rings is 1. The van der Waals surface area contributed by atoms with Crippen molar-refractivity contribution < 1.29 is 14.7 Å². The molecule has 0 radical (unpaired) electrons. The number of aliphatic carboxylic acids is 1. The van der Waals surface area contributed by atoms with Gasteiger partial charge in [-0.05, 0) is 18.9 Å². The standard InChI is InChI=1S/C19H24ClN3O3/c1-23-13-15(18(22-23)14-9-6-7-10-16(14)20)19(26)21-12-8-4-2-3-5-11-17(24)25/h6-7,9-10,13H,2-5,8,11-12H2,1H3,(H,21,26)(H,24,25). The van der Waals surface area contributed by atoms with Gasteiger partial charge in [-0.1, -0.05) is 49.1 Å². The van der Waals surface area contributed by atoms with Gasteiger partial charge in [-0.2, -0.15) is 5.10 Å². The van der Waals surface area contributed by atoms with E-state index < -0.39 is 5.97 Å². The van der Waals surface area contributed by atoms with E-state index in [0.717, 1.165) is 31.2 Å². The SMILES string of the molecule is Cn1cc(C(=O)NCCCCCCCC(=O)O)c(-c2ccccc2Cl)n1. The van der Waals surface area contributed by atoms with Gasteiger partial charge < -0.3 is 10.4 Å². The Bertz CT molecular complexity index is 758. The average molecular weight is 378 g/mol. The number of rotatable bonds is 10. The minimum atomic E-state index is -0.747. The molecule has 26 heavy (non-hydrogen) atoms. The van der Waals surface area contributed by atoms with Crippen molar-refractivity contribution >= 4 is 23.5 Å². The summed E-state index contributed by atoms with van der Waals surface area (Å²) in [5.41, 5.74) is 1.81. The first-order valence-electron chi connectivity index (χ1n) is 8.77. The van der Waals surface area contributed by atoms with Gasteiger partial charge in [0, 0.05) is 31.8 Å². The molecule has 2 rings (SSSR count). The van der Waals surface area contributed by atoms with Crippen LogP contribution < -0.4 is 5.32 Å². The fourth-order valence-electron chi connectivity index (χ4n) is 2.74. The number of aromatic nitrogens is 2. The Labute approximate surface area is 158 Å². The first-order chi connectivity index (χ1) is 12.5. The third kappa shape index (κ3) is 5.88. The van der Waals surface area contributed by atoms with E-state index in [1.807, 2.05) is 18.2 Å². The molecule has 0 aliphatic carbocycles. The van der Waals surface area contributed by atoms with Gasteiger partial charge in [-0.3, -0.25) is 14.3 Å². The zero-order valence-corrected chi connectivity index (χ0v) is 15.6. The molecule has 6 nitrogen and oxygen atoms in total. The highest BCUT2D eigenvalue weighted by molar-refractivity contribution is 6.33. The minimum Gasteiger partial charge on any atom is -0.481 e. The first kappa shape index (κ1) is 20.0. The molecule has 0 bridgehead atoms. The van der Waals surface area contributed by atoms with Crippen molar-refractivity contribution in [2.24, 2.45) is 7.05 Å². The van der Waals surface area contributed by atoms with Crippen LogP contribution in [0.5, 0.6) is 0 Å². The summed E-state index contributed by atoms with van der Waals surface area (Å²) in [6.45, 7) is 0.578. The number of aryl methyl sites for hydroxylation is 1. The van der Waals surface area contributed by atoms with Crippen molar-refractivity contribution in [2.45, 2.75) is 38.5 Å². The lowest BCUT2D eigenvalue weighted by Crippen LogP contribution is -2.24. The Morgan fingerprint density at radius 2 is 1.85 bits per heavy atom. The topological polar surface area (TPSA) is 84.2 Å². The predicted octanol–water partition coefficient (Wildman–Crippen LogP) is 3.90. The monoisotopic (exact) mass is 377 g/mol. The molecule has 0 saturated carbocycles. The van der Waals surface area contributed by atoms with Gasteiger partial charge in [-0.25, -0.2) is 0 Å². The van der Waals surface area contributed by atoms with Crippen molar-refractivity contribution in [2.75, 3.05) is 6.54 Å². The van der Waals surface area contributed by atoms with Crippen LogP contribution in [0.25, 0.3) is 11.3 Å². The van der Waals surface area contributed by atoms with E-state index in [2.05, 4.69) is 10.4 Å². The fourth-order valence-corrected chi connectivity index (χ4v) is 2.96. The number of carboxylic acids is 1. The Morgan fingerprint density at radius 3 is 2.58 bits per heavy atom. The lowest BCUT2D eigenvalue weighted by atomic mass is 10.1. The summed E-state index contributed by atoms with van der Waals surface area (Å²) in [5.74, 6) is -0.915. The highest BCUT2D eigenvalue weighted by atomic mass is 35.5. The molecule has 0 spiro atoms. The second kappa shape index (κ2) is 9.97. The normalized spacial score (nSPS) is 10.7. The number of amides is 1. The van der Waals surface area contributed by atoms with Gasteiger partial charge in [0.2, 0.25) is 0 Å². The zero-order valence-electron chi connectivity index (χ0n) is 14.9. The molecular formula is C19H24ClN3O3. The lowest BCUT2D eigenvalue weighted by Gasteiger charge is -2.06. The first-order valence-corrected chi connectivity index (χ1v) is 9.15. The van der Waals surface area contributed by atoms with Crippen LogP contribution in [-0.2, 0) is 11.8 Å². The van der Waals surface area contributed by atoms with Gasteiger partial charge in [0.25, 0.3) is 5.91 Å². The third-order valence-electron chi connectivity index (χ3n) is 4.06. The Balaban J connectivity index is 1.83. The van der Waals surface area contributed by atoms with Gasteiger partial charge in [0.05, 0.1) is 10.6 Å². The van der Waals surface area contributed by atoms with Crippen LogP contribution in [0.2, 0.25) is 5.02 Å². The number of carbonyl (C=O) groups is 2. The minimum absolute atomic E-state index is 0.168. The van der Waals surface area contributed by atoms with E-state index in [4.69, 9.17) is 16.7 Å². The van der Waals surface area contributed by atoms with Crippen LogP contribution in [0.1, 0.15) is 48.9 Å². The maximum atomic E-state index is 12.5. The molecule has 2 aromatic rings. The quantitative estimate of drug-likeness (QED) is 0.615. The summed E-state index contributed by atoms with van der Waals surface area (Å²) in [6, 6.07) is 7.32. The Kier molecular flexibility index (Phi) is 7.66. The fraction of sp³-hybridized carbons (Fsp3) is 0.421. The summed E-state index contributed by atoms with van der Waals surface area (Å²) in [7, 11) is 1.77. The number of nitrogens with one attached hydrogen (secondary N) is 1. The van der Waals surface area contributed by atoms with Crippen molar-refractivity contribution in [3.63, 3.8) is 0 Å². The van der Waals surface area contributed by atoms with E-state index in [1.54, 1.807) is 24.0 Å².